The zero-order valence-electron chi connectivity index (χ0n) is 10.8. The van der Waals surface area contributed by atoms with E-state index in [0.717, 1.165) is 31.5 Å². The van der Waals surface area contributed by atoms with Gasteiger partial charge in [0.05, 0.1) is 0 Å². The molecule has 0 aliphatic rings. The number of rotatable bonds is 7. The highest BCUT2D eigenvalue weighted by Crippen LogP contribution is 2.12. The largest absolute Gasteiger partial charge is 0.316 e. The lowest BCUT2D eigenvalue weighted by Crippen LogP contribution is -2.15. The molecule has 1 nitrogen and oxygen atoms in total. The van der Waals surface area contributed by atoms with Crippen molar-refractivity contribution in [3.63, 3.8) is 0 Å². The Bertz CT molecular complexity index is 358. The Balaban J connectivity index is 2.36. The minimum atomic E-state index is -0.107. The lowest BCUT2D eigenvalue weighted by Gasteiger charge is -2.04. The van der Waals surface area contributed by atoms with E-state index in [9.17, 15) is 4.39 Å². The van der Waals surface area contributed by atoms with Crippen LogP contribution < -0.4 is 5.32 Å². The fourth-order valence-electron chi connectivity index (χ4n) is 1.74. The number of allylic oxidation sites excluding steroid dienone is 1. The van der Waals surface area contributed by atoms with Gasteiger partial charge in [-0.05, 0) is 50.9 Å². The predicted octanol–water partition coefficient (Wildman–Crippen LogP) is 3.70. The standard InChI is InChI=1S/C15H22FN/c1-3-10-17-11-6-7-13(2)12-14-8-4-5-9-15(14)16/h4-5,7-9,17H,3,6,10-12H2,1-2H3. The molecule has 0 aromatic heterocycles. The van der Waals surface area contributed by atoms with Gasteiger partial charge in [-0.25, -0.2) is 4.39 Å². The van der Waals surface area contributed by atoms with Crippen molar-refractivity contribution in [2.45, 2.75) is 33.1 Å². The Morgan fingerprint density at radius 1 is 1.29 bits per heavy atom. The lowest BCUT2D eigenvalue weighted by atomic mass is 10.1. The molecular weight excluding hydrogens is 213 g/mol. The smallest absolute Gasteiger partial charge is 0.126 e. The quantitative estimate of drug-likeness (QED) is 0.561. The molecule has 0 heterocycles. The summed E-state index contributed by atoms with van der Waals surface area (Å²) in [4.78, 5) is 0. The molecule has 0 atom stereocenters. The van der Waals surface area contributed by atoms with Crippen molar-refractivity contribution in [3.05, 3.63) is 47.3 Å². The molecule has 0 unspecified atom stereocenters. The average Bonchev–Trinajstić information content (AvgIpc) is 2.32. The van der Waals surface area contributed by atoms with E-state index < -0.39 is 0 Å². The van der Waals surface area contributed by atoms with Crippen molar-refractivity contribution in [1.29, 1.82) is 0 Å². The van der Waals surface area contributed by atoms with Gasteiger partial charge in [-0.1, -0.05) is 36.8 Å². The van der Waals surface area contributed by atoms with Crippen LogP contribution in [0.4, 0.5) is 4.39 Å². The van der Waals surface area contributed by atoms with Crippen molar-refractivity contribution in [2.75, 3.05) is 13.1 Å². The SMILES string of the molecule is CCCNCCC=C(C)Cc1ccccc1F. The number of nitrogens with one attached hydrogen (secondary N) is 1. The van der Waals surface area contributed by atoms with Crippen LogP contribution in [-0.2, 0) is 6.42 Å². The molecule has 0 fully saturated rings. The topological polar surface area (TPSA) is 12.0 Å². The van der Waals surface area contributed by atoms with Crippen LogP contribution >= 0.6 is 0 Å². The fourth-order valence-corrected chi connectivity index (χ4v) is 1.74. The Morgan fingerprint density at radius 2 is 2.06 bits per heavy atom. The predicted molar refractivity (Wildman–Crippen MR) is 71.6 cm³/mol. The first kappa shape index (κ1) is 13.9. The number of benzene rings is 1. The van der Waals surface area contributed by atoms with E-state index in [1.807, 2.05) is 12.1 Å². The van der Waals surface area contributed by atoms with Crippen LogP contribution in [0.1, 0.15) is 32.3 Å². The molecule has 17 heavy (non-hydrogen) atoms. The maximum Gasteiger partial charge on any atom is 0.126 e. The van der Waals surface area contributed by atoms with Crippen molar-refractivity contribution in [2.24, 2.45) is 0 Å². The van der Waals surface area contributed by atoms with Crippen LogP contribution in [0.2, 0.25) is 0 Å². The highest BCUT2D eigenvalue weighted by Gasteiger charge is 2.00. The van der Waals surface area contributed by atoms with Crippen LogP contribution in [0, 0.1) is 5.82 Å². The highest BCUT2D eigenvalue weighted by molar-refractivity contribution is 5.22. The Morgan fingerprint density at radius 3 is 2.76 bits per heavy atom. The van der Waals surface area contributed by atoms with Crippen molar-refractivity contribution < 1.29 is 4.39 Å². The lowest BCUT2D eigenvalue weighted by molar-refractivity contribution is 0.613. The number of hydrogen-bond acceptors (Lipinski definition) is 1. The van der Waals surface area contributed by atoms with Gasteiger partial charge in [-0.2, -0.15) is 0 Å². The summed E-state index contributed by atoms with van der Waals surface area (Å²) in [6, 6.07) is 6.98. The monoisotopic (exact) mass is 235 g/mol. The molecule has 1 aromatic carbocycles. The molecule has 0 radical (unpaired) electrons. The van der Waals surface area contributed by atoms with E-state index in [-0.39, 0.29) is 5.82 Å². The van der Waals surface area contributed by atoms with Gasteiger partial charge in [-0.15, -0.1) is 0 Å². The highest BCUT2D eigenvalue weighted by atomic mass is 19.1. The van der Waals surface area contributed by atoms with E-state index in [1.54, 1.807) is 6.07 Å². The summed E-state index contributed by atoms with van der Waals surface area (Å²) >= 11 is 0. The van der Waals surface area contributed by atoms with E-state index in [1.165, 1.54) is 11.6 Å². The van der Waals surface area contributed by atoms with Gasteiger partial charge < -0.3 is 5.32 Å². The van der Waals surface area contributed by atoms with Crippen LogP contribution in [-0.4, -0.2) is 13.1 Å². The van der Waals surface area contributed by atoms with Gasteiger partial charge in [0.15, 0.2) is 0 Å². The summed E-state index contributed by atoms with van der Waals surface area (Å²) in [5, 5.41) is 3.35. The second-order valence-electron chi connectivity index (χ2n) is 4.36. The first-order valence-electron chi connectivity index (χ1n) is 6.33. The number of halogens is 1. The maximum absolute atomic E-state index is 13.4. The van der Waals surface area contributed by atoms with Crippen LogP contribution in [0.3, 0.4) is 0 Å². The normalized spacial score (nSPS) is 11.8. The van der Waals surface area contributed by atoms with Gasteiger partial charge >= 0.3 is 0 Å². The second kappa shape index (κ2) is 8.02. The molecule has 1 rings (SSSR count). The molecule has 0 aliphatic heterocycles. The minimum Gasteiger partial charge on any atom is -0.316 e. The van der Waals surface area contributed by atoms with Gasteiger partial charge in [0.2, 0.25) is 0 Å². The van der Waals surface area contributed by atoms with Crippen molar-refractivity contribution in [1.82, 2.24) is 5.32 Å². The Labute approximate surface area is 104 Å². The third kappa shape index (κ3) is 5.64. The zero-order chi connectivity index (χ0) is 12.5. The summed E-state index contributed by atoms with van der Waals surface area (Å²) in [6.07, 6.45) is 5.08. The molecule has 0 bridgehead atoms. The molecule has 0 aliphatic carbocycles. The molecule has 0 amide bonds. The minimum absolute atomic E-state index is 0.107. The van der Waals surface area contributed by atoms with E-state index in [2.05, 4.69) is 25.2 Å². The average molecular weight is 235 g/mol. The molecule has 0 saturated carbocycles. The summed E-state index contributed by atoms with van der Waals surface area (Å²) in [6.45, 7) is 6.29. The van der Waals surface area contributed by atoms with Gasteiger partial charge in [-0.3, -0.25) is 0 Å². The molecule has 0 saturated heterocycles. The van der Waals surface area contributed by atoms with Crippen molar-refractivity contribution in [3.8, 4) is 0 Å². The zero-order valence-corrected chi connectivity index (χ0v) is 10.8. The Hall–Kier alpha value is -1.15. The molecule has 2 heteroatoms. The van der Waals surface area contributed by atoms with Gasteiger partial charge in [0.1, 0.15) is 5.82 Å². The molecular formula is C15H22FN. The molecule has 94 valence electrons. The van der Waals surface area contributed by atoms with E-state index in [4.69, 9.17) is 0 Å². The molecule has 1 aromatic rings. The van der Waals surface area contributed by atoms with Crippen molar-refractivity contribution >= 4 is 0 Å². The van der Waals surface area contributed by atoms with E-state index >= 15 is 0 Å². The maximum atomic E-state index is 13.4. The first-order chi connectivity index (χ1) is 8.24. The van der Waals surface area contributed by atoms with Crippen LogP contribution in [0.15, 0.2) is 35.9 Å². The molecule has 1 N–H and O–H groups in total. The fraction of sp³-hybridized carbons (Fsp3) is 0.467. The third-order valence-corrected chi connectivity index (χ3v) is 2.67. The van der Waals surface area contributed by atoms with E-state index in [0.29, 0.717) is 6.42 Å². The third-order valence-electron chi connectivity index (χ3n) is 2.67. The first-order valence-corrected chi connectivity index (χ1v) is 6.33. The van der Waals surface area contributed by atoms with Gasteiger partial charge in [0.25, 0.3) is 0 Å². The van der Waals surface area contributed by atoms with Crippen LogP contribution in [0.25, 0.3) is 0 Å². The number of hydrogen-bond donors (Lipinski definition) is 1. The Kier molecular flexibility index (Phi) is 6.56. The summed E-state index contributed by atoms with van der Waals surface area (Å²) in [5.41, 5.74) is 2.01. The second-order valence-corrected chi connectivity index (χ2v) is 4.36. The molecule has 0 spiro atoms. The summed E-state index contributed by atoms with van der Waals surface area (Å²) < 4.78 is 13.4. The van der Waals surface area contributed by atoms with Gasteiger partial charge in [0, 0.05) is 0 Å². The summed E-state index contributed by atoms with van der Waals surface area (Å²) in [7, 11) is 0. The van der Waals surface area contributed by atoms with Crippen LogP contribution in [0.5, 0.6) is 0 Å². The summed E-state index contributed by atoms with van der Waals surface area (Å²) in [5.74, 6) is -0.107.